The maximum atomic E-state index is 12.2. The number of halogens is 1. The Hall–Kier alpha value is -1.89. The largest absolute Gasteiger partial charge is 0.355 e. The summed E-state index contributed by atoms with van der Waals surface area (Å²) in [4.78, 5) is 18.8. The molecule has 0 saturated carbocycles. The second-order valence-corrected chi connectivity index (χ2v) is 6.38. The molecule has 0 aromatic carbocycles. The monoisotopic (exact) mass is 363 g/mol. The lowest BCUT2D eigenvalue weighted by Gasteiger charge is -2.33. The third-order valence-electron chi connectivity index (χ3n) is 3.74. The molecule has 1 aliphatic heterocycles. The van der Waals surface area contributed by atoms with Gasteiger partial charge in [0.25, 0.3) is 5.91 Å². The highest BCUT2D eigenvalue weighted by Crippen LogP contribution is 2.19. The van der Waals surface area contributed by atoms with E-state index in [0.29, 0.717) is 5.69 Å². The van der Waals surface area contributed by atoms with Crippen molar-refractivity contribution in [2.45, 2.75) is 18.9 Å². The van der Waals surface area contributed by atoms with Crippen LogP contribution in [-0.4, -0.2) is 39.8 Å². The van der Waals surface area contributed by atoms with Gasteiger partial charge in [-0.15, -0.1) is 0 Å². The number of carbonyl (C=O) groups excluding carboxylic acids is 1. The van der Waals surface area contributed by atoms with E-state index >= 15 is 0 Å². The van der Waals surface area contributed by atoms with Crippen LogP contribution >= 0.6 is 15.9 Å². The van der Waals surface area contributed by atoms with Gasteiger partial charge in [0.15, 0.2) is 0 Å². The summed E-state index contributed by atoms with van der Waals surface area (Å²) in [7, 11) is 1.80. The van der Waals surface area contributed by atoms with E-state index in [1.54, 1.807) is 30.2 Å². The van der Waals surface area contributed by atoms with E-state index in [1.165, 1.54) is 0 Å². The second kappa shape index (κ2) is 6.48. The molecule has 1 atom stereocenters. The molecule has 116 valence electrons. The first kappa shape index (κ1) is 15.0. The predicted molar refractivity (Wildman–Crippen MR) is 87.8 cm³/mol. The fourth-order valence-corrected chi connectivity index (χ4v) is 2.89. The topological polar surface area (TPSA) is 63.1 Å². The Kier molecular flexibility index (Phi) is 4.42. The number of nitrogens with zero attached hydrogens (tertiary/aromatic N) is 4. The molecule has 1 N–H and O–H groups in total. The molecule has 1 saturated heterocycles. The van der Waals surface area contributed by atoms with Crippen molar-refractivity contribution in [2.24, 2.45) is 7.05 Å². The summed E-state index contributed by atoms with van der Waals surface area (Å²) in [6, 6.07) is 5.83. The van der Waals surface area contributed by atoms with E-state index in [-0.39, 0.29) is 11.9 Å². The first-order chi connectivity index (χ1) is 10.6. The van der Waals surface area contributed by atoms with Crippen molar-refractivity contribution < 1.29 is 4.79 Å². The van der Waals surface area contributed by atoms with Crippen molar-refractivity contribution >= 4 is 27.7 Å². The predicted octanol–water partition coefficient (Wildman–Crippen LogP) is 1.98. The number of aromatic nitrogens is 3. The second-order valence-electron chi connectivity index (χ2n) is 5.47. The Bertz CT molecular complexity index is 654. The molecule has 2 aromatic heterocycles. The highest BCUT2D eigenvalue weighted by Gasteiger charge is 2.23. The van der Waals surface area contributed by atoms with Gasteiger partial charge in [0.1, 0.15) is 11.5 Å². The molecule has 2 aromatic rings. The number of carbonyl (C=O) groups is 1. The third kappa shape index (κ3) is 3.47. The third-order valence-corrected chi connectivity index (χ3v) is 4.21. The minimum Gasteiger partial charge on any atom is -0.355 e. The fraction of sp³-hybridized carbons (Fsp3) is 0.400. The number of rotatable bonds is 3. The lowest BCUT2D eigenvalue weighted by Crippen LogP contribution is -2.48. The average Bonchev–Trinajstić information content (AvgIpc) is 2.95. The van der Waals surface area contributed by atoms with Crippen molar-refractivity contribution in [3.8, 4) is 0 Å². The van der Waals surface area contributed by atoms with E-state index in [2.05, 4.69) is 36.2 Å². The summed E-state index contributed by atoms with van der Waals surface area (Å²) >= 11 is 3.39. The molecule has 3 heterocycles. The first-order valence-electron chi connectivity index (χ1n) is 7.29. The minimum atomic E-state index is -0.115. The highest BCUT2D eigenvalue weighted by atomic mass is 79.9. The van der Waals surface area contributed by atoms with Crippen LogP contribution in [0.5, 0.6) is 0 Å². The SMILES string of the molecule is Cn1ccc(C(=O)NC2CCCN(c3ccc(Br)cn3)C2)n1. The number of hydrogen-bond donors (Lipinski definition) is 1. The Morgan fingerprint density at radius 2 is 2.27 bits per heavy atom. The molecule has 1 aliphatic rings. The molecule has 6 nitrogen and oxygen atoms in total. The molecule has 1 fully saturated rings. The summed E-state index contributed by atoms with van der Waals surface area (Å²) in [5.74, 6) is 0.830. The van der Waals surface area contributed by atoms with Crippen molar-refractivity contribution in [3.05, 3.63) is 40.8 Å². The van der Waals surface area contributed by atoms with Gasteiger partial charge in [0, 0.05) is 43.0 Å². The smallest absolute Gasteiger partial charge is 0.272 e. The van der Waals surface area contributed by atoms with Crippen LogP contribution in [0.2, 0.25) is 0 Å². The zero-order chi connectivity index (χ0) is 15.5. The van der Waals surface area contributed by atoms with Gasteiger partial charge in [-0.3, -0.25) is 9.48 Å². The van der Waals surface area contributed by atoms with Crippen molar-refractivity contribution in [3.63, 3.8) is 0 Å². The Morgan fingerprint density at radius 1 is 1.41 bits per heavy atom. The summed E-state index contributed by atoms with van der Waals surface area (Å²) in [5.41, 5.74) is 0.460. The summed E-state index contributed by atoms with van der Waals surface area (Å²) in [5, 5.41) is 7.20. The zero-order valence-electron chi connectivity index (χ0n) is 12.4. The van der Waals surface area contributed by atoms with Gasteiger partial charge in [-0.25, -0.2) is 4.98 Å². The average molecular weight is 364 g/mol. The molecule has 0 spiro atoms. The van der Waals surface area contributed by atoms with E-state index in [1.807, 2.05) is 12.1 Å². The molecule has 22 heavy (non-hydrogen) atoms. The number of pyridine rings is 1. The fourth-order valence-electron chi connectivity index (χ4n) is 2.65. The normalized spacial score (nSPS) is 18.3. The van der Waals surface area contributed by atoms with Gasteiger partial charge in [0.05, 0.1) is 0 Å². The molecular formula is C15H18BrN5O. The Labute approximate surface area is 137 Å². The number of piperidine rings is 1. The first-order valence-corrected chi connectivity index (χ1v) is 8.08. The van der Waals surface area contributed by atoms with E-state index in [4.69, 9.17) is 0 Å². The van der Waals surface area contributed by atoms with Gasteiger partial charge in [-0.1, -0.05) is 0 Å². The van der Waals surface area contributed by atoms with Gasteiger partial charge in [0.2, 0.25) is 0 Å². The molecule has 3 rings (SSSR count). The van der Waals surface area contributed by atoms with Crippen LogP contribution in [0.1, 0.15) is 23.3 Å². The van der Waals surface area contributed by atoms with Crippen LogP contribution in [0.25, 0.3) is 0 Å². The molecule has 0 radical (unpaired) electrons. The lowest BCUT2D eigenvalue weighted by molar-refractivity contribution is 0.0927. The highest BCUT2D eigenvalue weighted by molar-refractivity contribution is 9.10. The Morgan fingerprint density at radius 3 is 2.95 bits per heavy atom. The van der Waals surface area contributed by atoms with Crippen LogP contribution in [0.3, 0.4) is 0 Å². The Balaban J connectivity index is 1.63. The molecule has 1 unspecified atom stereocenters. The van der Waals surface area contributed by atoms with Crippen molar-refractivity contribution in [2.75, 3.05) is 18.0 Å². The quantitative estimate of drug-likeness (QED) is 0.905. The summed E-state index contributed by atoms with van der Waals surface area (Å²) < 4.78 is 2.60. The molecule has 1 amide bonds. The van der Waals surface area contributed by atoms with Crippen LogP contribution < -0.4 is 10.2 Å². The van der Waals surface area contributed by atoms with Crippen molar-refractivity contribution in [1.82, 2.24) is 20.1 Å². The van der Waals surface area contributed by atoms with Gasteiger partial charge in [-0.05, 0) is 47.0 Å². The van der Waals surface area contributed by atoms with E-state index in [9.17, 15) is 4.79 Å². The zero-order valence-corrected chi connectivity index (χ0v) is 14.0. The number of hydrogen-bond acceptors (Lipinski definition) is 4. The molecule has 0 bridgehead atoms. The maximum absolute atomic E-state index is 12.2. The maximum Gasteiger partial charge on any atom is 0.272 e. The van der Waals surface area contributed by atoms with Crippen LogP contribution in [0.15, 0.2) is 35.1 Å². The number of nitrogens with one attached hydrogen (secondary N) is 1. The molecular weight excluding hydrogens is 346 g/mol. The van der Waals surface area contributed by atoms with Gasteiger partial charge >= 0.3 is 0 Å². The van der Waals surface area contributed by atoms with Gasteiger partial charge in [-0.2, -0.15) is 5.10 Å². The number of aryl methyl sites for hydroxylation is 1. The molecule has 0 aliphatic carbocycles. The standard InChI is InChI=1S/C15H18BrN5O/c1-20-8-6-13(19-20)15(22)18-12-3-2-7-21(10-12)14-5-4-11(16)9-17-14/h4-6,8-9,12H,2-3,7,10H2,1H3,(H,18,22). The van der Waals surface area contributed by atoms with Crippen molar-refractivity contribution in [1.29, 1.82) is 0 Å². The van der Waals surface area contributed by atoms with Crippen LogP contribution in [0, 0.1) is 0 Å². The van der Waals surface area contributed by atoms with Gasteiger partial charge < -0.3 is 10.2 Å². The number of amides is 1. The number of anilines is 1. The van der Waals surface area contributed by atoms with Crippen LogP contribution in [0.4, 0.5) is 5.82 Å². The van der Waals surface area contributed by atoms with E-state index < -0.39 is 0 Å². The van der Waals surface area contributed by atoms with Crippen LogP contribution in [-0.2, 0) is 7.05 Å². The van der Waals surface area contributed by atoms with E-state index in [0.717, 1.165) is 36.2 Å². The summed E-state index contributed by atoms with van der Waals surface area (Å²) in [6.07, 6.45) is 5.58. The lowest BCUT2D eigenvalue weighted by atomic mass is 10.1. The minimum absolute atomic E-state index is 0.115. The summed E-state index contributed by atoms with van der Waals surface area (Å²) in [6.45, 7) is 1.73. The molecule has 7 heteroatoms.